The smallest absolute Gasteiger partial charge is 0.106 e. The molecule has 0 amide bonds. The zero-order valence-corrected chi connectivity index (χ0v) is 10.0. The van der Waals surface area contributed by atoms with Crippen LogP contribution in [-0.2, 0) is 6.42 Å². The van der Waals surface area contributed by atoms with Crippen LogP contribution in [0.1, 0.15) is 36.1 Å². The molecule has 1 N–H and O–H groups in total. The normalized spacial score (nSPS) is 12.4. The molecule has 1 aromatic heterocycles. The summed E-state index contributed by atoms with van der Waals surface area (Å²) in [5.41, 5.74) is 3.06. The number of pyridine rings is 1. The maximum absolute atomic E-state index is 10.2. The lowest BCUT2D eigenvalue weighted by molar-refractivity contribution is 0.220. The lowest BCUT2D eigenvalue weighted by Gasteiger charge is -2.11. The van der Waals surface area contributed by atoms with Crippen molar-refractivity contribution in [3.8, 4) is 0 Å². The molecule has 1 heterocycles. The zero-order valence-electron chi connectivity index (χ0n) is 10.0. The molecule has 1 unspecified atom stereocenters. The van der Waals surface area contributed by atoms with E-state index < -0.39 is 6.10 Å². The molecule has 0 saturated carbocycles. The molecule has 0 bridgehead atoms. The average molecular weight is 227 g/mol. The van der Waals surface area contributed by atoms with Crippen molar-refractivity contribution in [3.05, 3.63) is 65.5 Å². The Morgan fingerprint density at radius 2 is 1.88 bits per heavy atom. The highest BCUT2D eigenvalue weighted by molar-refractivity contribution is 5.30. The van der Waals surface area contributed by atoms with Gasteiger partial charge in [0.05, 0.1) is 0 Å². The third-order valence-corrected chi connectivity index (χ3v) is 2.83. The van der Waals surface area contributed by atoms with Gasteiger partial charge >= 0.3 is 0 Å². The molecular formula is C15H17NO. The van der Waals surface area contributed by atoms with Crippen LogP contribution < -0.4 is 0 Å². The number of benzene rings is 1. The largest absolute Gasteiger partial charge is 0.384 e. The van der Waals surface area contributed by atoms with E-state index in [0.29, 0.717) is 0 Å². The van der Waals surface area contributed by atoms with Gasteiger partial charge in [-0.3, -0.25) is 4.98 Å². The van der Waals surface area contributed by atoms with E-state index >= 15 is 0 Å². The van der Waals surface area contributed by atoms with E-state index in [4.69, 9.17) is 0 Å². The van der Waals surface area contributed by atoms with Gasteiger partial charge in [0.15, 0.2) is 0 Å². The van der Waals surface area contributed by atoms with E-state index in [1.165, 1.54) is 5.56 Å². The van der Waals surface area contributed by atoms with Gasteiger partial charge in [-0.1, -0.05) is 43.7 Å². The second-order valence-corrected chi connectivity index (χ2v) is 4.18. The molecule has 0 radical (unpaired) electrons. The fourth-order valence-electron chi connectivity index (χ4n) is 1.89. The monoisotopic (exact) mass is 227 g/mol. The SMILES string of the molecule is CCCc1ccc(C(O)c2cccnc2)cc1. The fraction of sp³-hybridized carbons (Fsp3) is 0.267. The molecular weight excluding hydrogens is 210 g/mol. The van der Waals surface area contributed by atoms with E-state index in [2.05, 4.69) is 24.0 Å². The Hall–Kier alpha value is -1.67. The Bertz CT molecular complexity index is 450. The number of rotatable bonds is 4. The first-order chi connectivity index (χ1) is 8.31. The molecule has 1 atom stereocenters. The van der Waals surface area contributed by atoms with Gasteiger partial charge in [0.25, 0.3) is 0 Å². The van der Waals surface area contributed by atoms with Gasteiger partial charge in [-0.25, -0.2) is 0 Å². The van der Waals surface area contributed by atoms with Crippen LogP contribution in [0.2, 0.25) is 0 Å². The Balaban J connectivity index is 2.17. The van der Waals surface area contributed by atoms with Crippen molar-refractivity contribution in [2.45, 2.75) is 25.9 Å². The minimum absolute atomic E-state index is 0.584. The van der Waals surface area contributed by atoms with Crippen molar-refractivity contribution in [2.24, 2.45) is 0 Å². The summed E-state index contributed by atoms with van der Waals surface area (Å²) in [6.45, 7) is 2.17. The lowest BCUT2D eigenvalue weighted by Crippen LogP contribution is -2.00. The van der Waals surface area contributed by atoms with Crippen molar-refractivity contribution in [1.29, 1.82) is 0 Å². The summed E-state index contributed by atoms with van der Waals surface area (Å²) in [5.74, 6) is 0. The maximum atomic E-state index is 10.2. The van der Waals surface area contributed by atoms with Crippen LogP contribution >= 0.6 is 0 Å². The highest BCUT2D eigenvalue weighted by Gasteiger charge is 2.09. The van der Waals surface area contributed by atoms with Crippen LogP contribution in [0.15, 0.2) is 48.8 Å². The average Bonchev–Trinajstić information content (AvgIpc) is 2.40. The van der Waals surface area contributed by atoms with Gasteiger partial charge in [0, 0.05) is 18.0 Å². The predicted molar refractivity (Wildman–Crippen MR) is 68.7 cm³/mol. The topological polar surface area (TPSA) is 33.1 Å². The third kappa shape index (κ3) is 2.92. The van der Waals surface area contributed by atoms with Crippen LogP contribution in [-0.4, -0.2) is 10.1 Å². The van der Waals surface area contributed by atoms with Crippen molar-refractivity contribution in [2.75, 3.05) is 0 Å². The summed E-state index contributed by atoms with van der Waals surface area (Å²) in [6.07, 6.45) is 5.05. The first-order valence-electron chi connectivity index (χ1n) is 5.98. The molecule has 1 aromatic carbocycles. The molecule has 0 aliphatic carbocycles. The van der Waals surface area contributed by atoms with Crippen LogP contribution in [0.3, 0.4) is 0 Å². The Morgan fingerprint density at radius 1 is 1.12 bits per heavy atom. The molecule has 2 rings (SSSR count). The van der Waals surface area contributed by atoms with Gasteiger partial charge in [-0.05, 0) is 23.6 Å². The van der Waals surface area contributed by atoms with E-state index in [1.54, 1.807) is 12.4 Å². The van der Waals surface area contributed by atoms with Crippen molar-refractivity contribution in [3.63, 3.8) is 0 Å². The molecule has 2 aromatic rings. The Labute approximate surface area is 102 Å². The number of hydrogen-bond acceptors (Lipinski definition) is 2. The highest BCUT2D eigenvalue weighted by Crippen LogP contribution is 2.21. The number of nitrogens with zero attached hydrogens (tertiary/aromatic N) is 1. The minimum atomic E-state index is -0.584. The lowest BCUT2D eigenvalue weighted by atomic mass is 10.0. The standard InChI is InChI=1S/C15H17NO/c1-2-4-12-6-8-13(9-7-12)15(17)14-5-3-10-16-11-14/h3,5-11,15,17H,2,4H2,1H3. The summed E-state index contributed by atoms with van der Waals surface area (Å²) in [5, 5.41) is 10.2. The quantitative estimate of drug-likeness (QED) is 0.870. The summed E-state index contributed by atoms with van der Waals surface area (Å²) in [7, 11) is 0. The van der Waals surface area contributed by atoms with E-state index in [9.17, 15) is 5.11 Å². The summed E-state index contributed by atoms with van der Waals surface area (Å²) < 4.78 is 0. The first kappa shape index (κ1) is 11.8. The van der Waals surface area contributed by atoms with Crippen LogP contribution in [0.5, 0.6) is 0 Å². The molecule has 88 valence electrons. The molecule has 0 fully saturated rings. The first-order valence-corrected chi connectivity index (χ1v) is 5.98. The van der Waals surface area contributed by atoms with Gasteiger partial charge in [-0.15, -0.1) is 0 Å². The van der Waals surface area contributed by atoms with E-state index in [-0.39, 0.29) is 0 Å². The Morgan fingerprint density at radius 3 is 2.47 bits per heavy atom. The predicted octanol–water partition coefficient (Wildman–Crippen LogP) is 3.12. The molecule has 2 nitrogen and oxygen atoms in total. The van der Waals surface area contributed by atoms with Gasteiger partial charge in [0.2, 0.25) is 0 Å². The van der Waals surface area contributed by atoms with E-state index in [0.717, 1.165) is 24.0 Å². The fourth-order valence-corrected chi connectivity index (χ4v) is 1.89. The van der Waals surface area contributed by atoms with Crippen molar-refractivity contribution < 1.29 is 5.11 Å². The Kier molecular flexibility index (Phi) is 3.89. The molecule has 0 spiro atoms. The van der Waals surface area contributed by atoms with Crippen LogP contribution in [0.25, 0.3) is 0 Å². The molecule has 0 aliphatic heterocycles. The molecule has 0 saturated heterocycles. The van der Waals surface area contributed by atoms with Crippen molar-refractivity contribution in [1.82, 2.24) is 4.98 Å². The van der Waals surface area contributed by atoms with Crippen molar-refractivity contribution >= 4 is 0 Å². The second kappa shape index (κ2) is 5.60. The van der Waals surface area contributed by atoms with Gasteiger partial charge in [-0.2, -0.15) is 0 Å². The zero-order chi connectivity index (χ0) is 12.1. The second-order valence-electron chi connectivity index (χ2n) is 4.18. The molecule has 0 aliphatic rings. The minimum Gasteiger partial charge on any atom is -0.384 e. The molecule has 17 heavy (non-hydrogen) atoms. The number of aliphatic hydroxyl groups is 1. The molecule has 2 heteroatoms. The highest BCUT2D eigenvalue weighted by atomic mass is 16.3. The van der Waals surface area contributed by atoms with Crippen LogP contribution in [0.4, 0.5) is 0 Å². The third-order valence-electron chi connectivity index (χ3n) is 2.83. The number of aliphatic hydroxyl groups excluding tert-OH is 1. The summed E-state index contributed by atoms with van der Waals surface area (Å²) >= 11 is 0. The number of aryl methyl sites for hydroxylation is 1. The van der Waals surface area contributed by atoms with Gasteiger partial charge < -0.3 is 5.11 Å². The maximum Gasteiger partial charge on any atom is 0.106 e. The summed E-state index contributed by atoms with van der Waals surface area (Å²) in [6, 6.07) is 11.9. The summed E-state index contributed by atoms with van der Waals surface area (Å²) in [4.78, 5) is 4.02. The van der Waals surface area contributed by atoms with E-state index in [1.807, 2.05) is 24.3 Å². The van der Waals surface area contributed by atoms with Crippen LogP contribution in [0, 0.1) is 0 Å². The number of aromatic nitrogens is 1. The number of hydrogen-bond donors (Lipinski definition) is 1. The van der Waals surface area contributed by atoms with Gasteiger partial charge in [0.1, 0.15) is 6.10 Å².